The molecular formula is C13H25N3O. The first-order valence-corrected chi connectivity index (χ1v) is 6.52. The topological polar surface area (TPSA) is 41.3 Å². The summed E-state index contributed by atoms with van der Waals surface area (Å²) >= 11 is 0. The summed E-state index contributed by atoms with van der Waals surface area (Å²) in [6.45, 7) is 6.15. The van der Waals surface area contributed by atoms with E-state index in [-0.39, 0.29) is 0 Å². The van der Waals surface area contributed by atoms with Gasteiger partial charge >= 0.3 is 0 Å². The molecule has 2 rings (SSSR count). The van der Waals surface area contributed by atoms with Crippen LogP contribution in [0.15, 0.2) is 12.4 Å². The van der Waals surface area contributed by atoms with E-state index in [9.17, 15) is 5.11 Å². The van der Waals surface area contributed by atoms with Crippen LogP contribution in [0.5, 0.6) is 0 Å². The molecule has 1 aromatic heterocycles. The SMILES string of the molecule is CC.CN1CCC(C(O)c2nccn2C)CC1. The maximum atomic E-state index is 10.2. The summed E-state index contributed by atoms with van der Waals surface area (Å²) < 4.78 is 1.91. The van der Waals surface area contributed by atoms with Crippen LogP contribution in [-0.4, -0.2) is 39.7 Å². The average molecular weight is 239 g/mol. The molecule has 1 N–H and O–H groups in total. The number of aromatic nitrogens is 2. The van der Waals surface area contributed by atoms with E-state index in [1.807, 2.05) is 31.7 Å². The van der Waals surface area contributed by atoms with Crippen LogP contribution in [-0.2, 0) is 7.05 Å². The van der Waals surface area contributed by atoms with Gasteiger partial charge in [0, 0.05) is 19.4 Å². The minimum atomic E-state index is -0.404. The number of aliphatic hydroxyl groups excluding tert-OH is 1. The van der Waals surface area contributed by atoms with Crippen LogP contribution in [0.25, 0.3) is 0 Å². The molecule has 1 aliphatic heterocycles. The van der Waals surface area contributed by atoms with Crippen molar-refractivity contribution < 1.29 is 5.11 Å². The predicted octanol–water partition coefficient (Wildman–Crippen LogP) is 1.82. The molecule has 1 aliphatic rings. The van der Waals surface area contributed by atoms with E-state index >= 15 is 0 Å². The fourth-order valence-electron chi connectivity index (χ4n) is 2.22. The predicted molar refractivity (Wildman–Crippen MR) is 69.7 cm³/mol. The Morgan fingerprint density at radius 3 is 2.35 bits per heavy atom. The van der Waals surface area contributed by atoms with E-state index in [4.69, 9.17) is 0 Å². The summed E-state index contributed by atoms with van der Waals surface area (Å²) in [7, 11) is 4.06. The zero-order valence-corrected chi connectivity index (χ0v) is 11.4. The molecule has 0 saturated carbocycles. The van der Waals surface area contributed by atoms with Crippen LogP contribution in [0.1, 0.15) is 38.6 Å². The number of likely N-dealkylation sites (tertiary alicyclic amines) is 1. The average Bonchev–Trinajstić information content (AvgIpc) is 2.78. The van der Waals surface area contributed by atoms with Crippen LogP contribution >= 0.6 is 0 Å². The molecule has 2 heterocycles. The molecule has 1 unspecified atom stereocenters. The Hall–Kier alpha value is -0.870. The number of nitrogens with zero attached hydrogens (tertiary/aromatic N) is 3. The number of hydrogen-bond acceptors (Lipinski definition) is 3. The summed E-state index contributed by atoms with van der Waals surface area (Å²) in [5, 5.41) is 10.2. The van der Waals surface area contributed by atoms with Gasteiger partial charge in [0.2, 0.25) is 0 Å². The third kappa shape index (κ3) is 3.54. The highest BCUT2D eigenvalue weighted by Crippen LogP contribution is 2.28. The number of aryl methyl sites for hydroxylation is 1. The van der Waals surface area contributed by atoms with Crippen LogP contribution in [0.4, 0.5) is 0 Å². The first-order valence-electron chi connectivity index (χ1n) is 6.52. The van der Waals surface area contributed by atoms with Crippen molar-refractivity contribution in [3.63, 3.8) is 0 Å². The van der Waals surface area contributed by atoms with Crippen LogP contribution in [0, 0.1) is 5.92 Å². The van der Waals surface area contributed by atoms with Crippen molar-refractivity contribution in [3.05, 3.63) is 18.2 Å². The third-order valence-corrected chi connectivity index (χ3v) is 3.33. The van der Waals surface area contributed by atoms with Crippen LogP contribution in [0.2, 0.25) is 0 Å². The lowest BCUT2D eigenvalue weighted by Crippen LogP contribution is -2.33. The molecule has 1 atom stereocenters. The highest BCUT2D eigenvalue weighted by Gasteiger charge is 2.26. The Morgan fingerprint density at radius 2 is 1.88 bits per heavy atom. The number of hydrogen-bond donors (Lipinski definition) is 1. The minimum absolute atomic E-state index is 0.363. The zero-order valence-electron chi connectivity index (χ0n) is 11.4. The molecular weight excluding hydrogens is 214 g/mol. The second kappa shape index (κ2) is 6.77. The van der Waals surface area contributed by atoms with Crippen molar-refractivity contribution >= 4 is 0 Å². The van der Waals surface area contributed by atoms with E-state index in [0.717, 1.165) is 31.8 Å². The van der Waals surface area contributed by atoms with Crippen molar-refractivity contribution in [1.82, 2.24) is 14.5 Å². The first-order chi connectivity index (χ1) is 8.18. The monoisotopic (exact) mass is 239 g/mol. The van der Waals surface area contributed by atoms with Crippen LogP contribution in [0.3, 0.4) is 0 Å². The molecule has 0 radical (unpaired) electrons. The second-order valence-corrected chi connectivity index (χ2v) is 4.48. The molecule has 4 nitrogen and oxygen atoms in total. The van der Waals surface area contributed by atoms with Crippen molar-refractivity contribution in [3.8, 4) is 0 Å². The maximum Gasteiger partial charge on any atom is 0.137 e. The maximum absolute atomic E-state index is 10.2. The lowest BCUT2D eigenvalue weighted by Gasteiger charge is -2.31. The molecule has 0 amide bonds. The molecule has 0 aliphatic carbocycles. The molecule has 1 saturated heterocycles. The van der Waals surface area contributed by atoms with Gasteiger partial charge < -0.3 is 14.6 Å². The Bertz CT molecular complexity index is 316. The highest BCUT2D eigenvalue weighted by atomic mass is 16.3. The fraction of sp³-hybridized carbons (Fsp3) is 0.769. The minimum Gasteiger partial charge on any atom is -0.385 e. The van der Waals surface area contributed by atoms with E-state index in [2.05, 4.69) is 16.9 Å². The number of rotatable bonds is 2. The van der Waals surface area contributed by atoms with Gasteiger partial charge in [-0.05, 0) is 38.9 Å². The van der Waals surface area contributed by atoms with Crippen molar-refractivity contribution in [1.29, 1.82) is 0 Å². The highest BCUT2D eigenvalue weighted by molar-refractivity contribution is 4.98. The normalized spacial score (nSPS) is 19.6. The van der Waals surface area contributed by atoms with Gasteiger partial charge in [-0.25, -0.2) is 4.98 Å². The third-order valence-electron chi connectivity index (χ3n) is 3.33. The molecule has 0 bridgehead atoms. The quantitative estimate of drug-likeness (QED) is 0.856. The van der Waals surface area contributed by atoms with Crippen molar-refractivity contribution in [2.24, 2.45) is 13.0 Å². The van der Waals surface area contributed by atoms with Crippen molar-refractivity contribution in [2.75, 3.05) is 20.1 Å². The molecule has 0 aromatic carbocycles. The Balaban J connectivity index is 0.000000686. The van der Waals surface area contributed by atoms with Gasteiger partial charge in [0.15, 0.2) is 0 Å². The Kier molecular flexibility index (Phi) is 5.65. The van der Waals surface area contributed by atoms with Gasteiger partial charge in [0.25, 0.3) is 0 Å². The first kappa shape index (κ1) is 14.2. The standard InChI is InChI=1S/C11H19N3O.C2H6/c1-13-6-3-9(4-7-13)10(15)11-12-5-8-14(11)2;1-2/h5,8-10,15H,3-4,6-7H2,1-2H3;1-2H3. The second-order valence-electron chi connectivity index (χ2n) is 4.48. The molecule has 1 fully saturated rings. The number of imidazole rings is 1. The lowest BCUT2D eigenvalue weighted by molar-refractivity contribution is 0.0574. The Labute approximate surface area is 104 Å². The van der Waals surface area contributed by atoms with E-state index in [1.165, 1.54) is 0 Å². The smallest absolute Gasteiger partial charge is 0.137 e. The summed E-state index contributed by atoms with van der Waals surface area (Å²) in [5.74, 6) is 1.16. The zero-order chi connectivity index (χ0) is 12.8. The molecule has 4 heteroatoms. The van der Waals surface area contributed by atoms with Crippen LogP contribution < -0.4 is 0 Å². The summed E-state index contributed by atoms with van der Waals surface area (Å²) in [5.41, 5.74) is 0. The fourth-order valence-corrected chi connectivity index (χ4v) is 2.22. The molecule has 0 spiro atoms. The van der Waals surface area contributed by atoms with Gasteiger partial charge in [-0.2, -0.15) is 0 Å². The Morgan fingerprint density at radius 1 is 1.29 bits per heavy atom. The summed E-state index contributed by atoms with van der Waals surface area (Å²) in [6.07, 6.45) is 5.34. The summed E-state index contributed by atoms with van der Waals surface area (Å²) in [6, 6.07) is 0. The molecule has 98 valence electrons. The van der Waals surface area contributed by atoms with Gasteiger partial charge in [-0.15, -0.1) is 0 Å². The summed E-state index contributed by atoms with van der Waals surface area (Å²) in [4.78, 5) is 6.52. The van der Waals surface area contributed by atoms with Gasteiger partial charge in [0.1, 0.15) is 11.9 Å². The number of aliphatic hydroxyl groups is 1. The van der Waals surface area contributed by atoms with Gasteiger partial charge in [0.05, 0.1) is 0 Å². The van der Waals surface area contributed by atoms with E-state index < -0.39 is 6.10 Å². The largest absolute Gasteiger partial charge is 0.385 e. The number of piperidine rings is 1. The van der Waals surface area contributed by atoms with E-state index in [1.54, 1.807) is 6.20 Å². The van der Waals surface area contributed by atoms with Gasteiger partial charge in [-0.1, -0.05) is 13.8 Å². The van der Waals surface area contributed by atoms with E-state index in [0.29, 0.717) is 5.92 Å². The molecule has 1 aromatic rings. The van der Waals surface area contributed by atoms with Crippen molar-refractivity contribution in [2.45, 2.75) is 32.8 Å². The van der Waals surface area contributed by atoms with Gasteiger partial charge in [-0.3, -0.25) is 0 Å². The lowest BCUT2D eigenvalue weighted by atomic mass is 9.91. The molecule has 17 heavy (non-hydrogen) atoms.